The van der Waals surface area contributed by atoms with E-state index in [4.69, 9.17) is 9.41 Å². The van der Waals surface area contributed by atoms with Crippen molar-refractivity contribution in [2.75, 3.05) is 14.1 Å². The SMILES string of the molecule is CC(C)Cc1cccc2c1N=C(Cn1cccc(CC(=O)[C@H](CC/C=C/C(=O)N(C)C)NC(=O)c3ncco3)c1=O)C2. The normalized spacial score (nSPS) is 13.2. The second-order valence-electron chi connectivity index (χ2n) is 11.1. The first-order valence-electron chi connectivity index (χ1n) is 14.1. The molecule has 4 rings (SSSR count). The Balaban J connectivity index is 1.48. The van der Waals surface area contributed by atoms with Crippen LogP contribution in [0.2, 0.25) is 0 Å². The number of carbonyl (C=O) groups is 3. The van der Waals surface area contributed by atoms with E-state index >= 15 is 0 Å². The van der Waals surface area contributed by atoms with Crippen LogP contribution in [0.5, 0.6) is 0 Å². The molecule has 0 saturated carbocycles. The van der Waals surface area contributed by atoms with Gasteiger partial charge in [0.1, 0.15) is 6.26 Å². The Kier molecular flexibility index (Phi) is 10.0. The Morgan fingerprint density at radius 3 is 2.64 bits per heavy atom. The maximum Gasteiger partial charge on any atom is 0.307 e. The number of amides is 2. The maximum atomic E-state index is 13.4. The fourth-order valence-corrected chi connectivity index (χ4v) is 4.86. The molecular weight excluding hydrogens is 534 g/mol. The molecule has 0 spiro atoms. The number of carbonyl (C=O) groups excluding carboxylic acids is 3. The standard InChI is InChI=1S/C32H37N5O5/c1-21(2)17-22-9-7-10-23-18-25(34-29(22)23)20-37-15-8-11-24(32(37)41)19-27(38)26(12-5-6-13-28(39)36(3)4)35-30(40)31-33-14-16-42-31/h6-11,13-16,21,26H,5,12,17-20H2,1-4H3,(H,35,40)/b13-6+/t26-/m0/s1. The molecule has 0 fully saturated rings. The Morgan fingerprint density at radius 2 is 1.93 bits per heavy atom. The Labute approximate surface area is 245 Å². The molecule has 3 heterocycles. The van der Waals surface area contributed by atoms with Crippen LogP contribution < -0.4 is 10.9 Å². The lowest BCUT2D eigenvalue weighted by atomic mass is 9.98. The van der Waals surface area contributed by atoms with E-state index in [0.717, 1.165) is 23.4 Å². The number of ketones is 1. The molecule has 0 unspecified atom stereocenters. The molecule has 10 nitrogen and oxygen atoms in total. The van der Waals surface area contributed by atoms with Gasteiger partial charge in [0, 0.05) is 44.4 Å². The fraction of sp³-hybridized carbons (Fsp3) is 0.375. The van der Waals surface area contributed by atoms with Crippen LogP contribution in [0.25, 0.3) is 0 Å². The molecule has 0 saturated heterocycles. The molecule has 0 aliphatic carbocycles. The minimum atomic E-state index is -0.912. The van der Waals surface area contributed by atoms with Gasteiger partial charge in [0.05, 0.1) is 24.5 Å². The van der Waals surface area contributed by atoms with Crippen molar-refractivity contribution in [2.24, 2.45) is 10.9 Å². The number of fused-ring (bicyclic) bond motifs is 1. The molecule has 0 radical (unpaired) electrons. The quantitative estimate of drug-likeness (QED) is 0.312. The Bertz CT molecular complexity index is 1550. The number of nitrogens with zero attached hydrogens (tertiary/aromatic N) is 4. The van der Waals surface area contributed by atoms with Gasteiger partial charge in [0.25, 0.3) is 11.4 Å². The highest BCUT2D eigenvalue weighted by Gasteiger charge is 2.24. The summed E-state index contributed by atoms with van der Waals surface area (Å²) in [4.78, 5) is 61.4. The van der Waals surface area contributed by atoms with E-state index in [0.29, 0.717) is 30.9 Å². The van der Waals surface area contributed by atoms with Gasteiger partial charge in [-0.05, 0) is 48.4 Å². The smallest absolute Gasteiger partial charge is 0.307 e. The van der Waals surface area contributed by atoms with Crippen LogP contribution in [0.1, 0.15) is 54.1 Å². The Hall–Kier alpha value is -4.60. The first-order chi connectivity index (χ1) is 20.1. The summed E-state index contributed by atoms with van der Waals surface area (Å²) in [6, 6.07) is 8.70. The molecule has 3 aromatic rings. The van der Waals surface area contributed by atoms with Crippen molar-refractivity contribution in [3.8, 4) is 0 Å². The van der Waals surface area contributed by atoms with Crippen LogP contribution in [0.4, 0.5) is 5.69 Å². The number of Topliss-reactive ketones (excluding diaryl/α,β-unsaturated/α-hetero) is 1. The lowest BCUT2D eigenvalue weighted by Gasteiger charge is -2.16. The number of aliphatic imine (C=N–C) groups is 1. The highest BCUT2D eigenvalue weighted by Crippen LogP contribution is 2.32. The number of pyridine rings is 1. The number of hydrogen-bond donors (Lipinski definition) is 1. The summed E-state index contributed by atoms with van der Waals surface area (Å²) in [5, 5.41) is 2.67. The van der Waals surface area contributed by atoms with Gasteiger partial charge in [-0.2, -0.15) is 0 Å². The summed E-state index contributed by atoms with van der Waals surface area (Å²) in [6.07, 6.45) is 9.43. The van der Waals surface area contributed by atoms with Crippen molar-refractivity contribution >= 4 is 29.0 Å². The minimum absolute atomic E-state index is 0.164. The molecule has 220 valence electrons. The number of benzene rings is 1. The highest BCUT2D eigenvalue weighted by molar-refractivity contribution is 5.96. The number of aromatic nitrogens is 2. The maximum absolute atomic E-state index is 13.4. The third-order valence-corrected chi connectivity index (χ3v) is 6.96. The minimum Gasteiger partial charge on any atom is -0.441 e. The molecule has 42 heavy (non-hydrogen) atoms. The molecular formula is C32H37N5O5. The summed E-state index contributed by atoms with van der Waals surface area (Å²) in [5.41, 5.74) is 4.32. The Morgan fingerprint density at radius 1 is 1.14 bits per heavy atom. The van der Waals surface area contributed by atoms with Crippen LogP contribution in [-0.4, -0.2) is 57.9 Å². The van der Waals surface area contributed by atoms with Crippen molar-refractivity contribution in [1.82, 2.24) is 19.8 Å². The van der Waals surface area contributed by atoms with Gasteiger partial charge in [0.15, 0.2) is 5.78 Å². The van der Waals surface area contributed by atoms with Crippen LogP contribution in [0, 0.1) is 5.92 Å². The van der Waals surface area contributed by atoms with E-state index in [2.05, 4.69) is 42.3 Å². The molecule has 0 bridgehead atoms. The second-order valence-corrected chi connectivity index (χ2v) is 11.1. The number of likely N-dealkylation sites (N-methyl/N-ethyl adjacent to an activating group) is 1. The molecule has 1 aromatic carbocycles. The average Bonchev–Trinajstić information content (AvgIpc) is 3.63. The van der Waals surface area contributed by atoms with Gasteiger partial charge in [-0.25, -0.2) is 4.98 Å². The van der Waals surface area contributed by atoms with Gasteiger partial charge in [-0.3, -0.25) is 24.2 Å². The lowest BCUT2D eigenvalue weighted by molar-refractivity contribution is -0.123. The summed E-state index contributed by atoms with van der Waals surface area (Å²) in [6.45, 7) is 4.68. The summed E-state index contributed by atoms with van der Waals surface area (Å²) < 4.78 is 6.64. The number of allylic oxidation sites excluding steroid dienone is 1. The predicted octanol–water partition coefficient (Wildman–Crippen LogP) is 3.70. The van der Waals surface area contributed by atoms with E-state index in [1.54, 1.807) is 43.1 Å². The van der Waals surface area contributed by atoms with E-state index < -0.39 is 11.9 Å². The second kappa shape index (κ2) is 13.8. The zero-order valence-electron chi connectivity index (χ0n) is 24.5. The first-order valence-corrected chi connectivity index (χ1v) is 14.1. The van der Waals surface area contributed by atoms with Crippen molar-refractivity contribution in [3.63, 3.8) is 0 Å². The zero-order valence-corrected chi connectivity index (χ0v) is 24.5. The van der Waals surface area contributed by atoms with Crippen LogP contribution in [-0.2, 0) is 35.4 Å². The van der Waals surface area contributed by atoms with E-state index in [1.807, 2.05) is 0 Å². The molecule has 2 aromatic heterocycles. The lowest BCUT2D eigenvalue weighted by Crippen LogP contribution is -2.42. The number of nitrogens with one attached hydrogen (secondary N) is 1. The van der Waals surface area contributed by atoms with Crippen LogP contribution >= 0.6 is 0 Å². The van der Waals surface area contributed by atoms with Crippen molar-refractivity contribution < 1.29 is 18.8 Å². The molecule has 1 atom stereocenters. The van der Waals surface area contributed by atoms with E-state index in [-0.39, 0.29) is 36.0 Å². The summed E-state index contributed by atoms with van der Waals surface area (Å²) >= 11 is 0. The van der Waals surface area contributed by atoms with Crippen molar-refractivity contribution in [3.05, 3.63) is 94.1 Å². The summed E-state index contributed by atoms with van der Waals surface area (Å²) in [5.74, 6) is -0.803. The van der Waals surface area contributed by atoms with Gasteiger partial charge < -0.3 is 19.2 Å². The van der Waals surface area contributed by atoms with Gasteiger partial charge >= 0.3 is 5.91 Å². The van der Waals surface area contributed by atoms with Gasteiger partial charge in [-0.15, -0.1) is 0 Å². The third kappa shape index (κ3) is 7.78. The van der Waals surface area contributed by atoms with E-state index in [1.165, 1.54) is 29.0 Å². The number of rotatable bonds is 13. The molecule has 1 aliphatic rings. The van der Waals surface area contributed by atoms with Crippen molar-refractivity contribution in [2.45, 2.75) is 58.5 Å². The van der Waals surface area contributed by atoms with Gasteiger partial charge in [-0.1, -0.05) is 44.2 Å². The number of hydrogen-bond acceptors (Lipinski definition) is 7. The van der Waals surface area contributed by atoms with E-state index in [9.17, 15) is 19.2 Å². The topological polar surface area (TPSA) is 127 Å². The third-order valence-electron chi connectivity index (χ3n) is 6.96. The summed E-state index contributed by atoms with van der Waals surface area (Å²) in [7, 11) is 3.29. The van der Waals surface area contributed by atoms with Crippen LogP contribution in [0.3, 0.4) is 0 Å². The van der Waals surface area contributed by atoms with Crippen molar-refractivity contribution in [1.29, 1.82) is 0 Å². The molecule has 1 N–H and O–H groups in total. The predicted molar refractivity (Wildman–Crippen MR) is 160 cm³/mol. The number of oxazole rings is 1. The average molecular weight is 572 g/mol. The van der Waals surface area contributed by atoms with Crippen LogP contribution in [0.15, 0.2) is 75.3 Å². The monoisotopic (exact) mass is 571 g/mol. The highest BCUT2D eigenvalue weighted by atomic mass is 16.3. The molecule has 1 aliphatic heterocycles. The number of para-hydroxylation sites is 1. The zero-order chi connectivity index (χ0) is 30.2. The molecule has 2 amide bonds. The molecule has 10 heteroatoms. The first kappa shape index (κ1) is 30.4. The fourth-order valence-electron chi connectivity index (χ4n) is 4.86. The van der Waals surface area contributed by atoms with Gasteiger partial charge in [0.2, 0.25) is 5.91 Å². The largest absolute Gasteiger partial charge is 0.441 e.